The average Bonchev–Trinajstić information content (AvgIpc) is 2.51. The van der Waals surface area contributed by atoms with Gasteiger partial charge in [0.1, 0.15) is 24.1 Å². The number of aliphatic hydroxyl groups is 1. The molecule has 1 heterocycles. The summed E-state index contributed by atoms with van der Waals surface area (Å²) in [5, 5.41) is 10.2. The first kappa shape index (κ1) is 17.0. The van der Waals surface area contributed by atoms with Crippen molar-refractivity contribution in [2.24, 2.45) is 0 Å². The predicted octanol–water partition coefficient (Wildman–Crippen LogP) is 0.410. The second-order valence-electron chi connectivity index (χ2n) is 5.07. The van der Waals surface area contributed by atoms with Crippen molar-refractivity contribution in [2.75, 3.05) is 33.7 Å². The molecule has 1 aliphatic heterocycles. The Morgan fingerprint density at radius 3 is 2.23 bits per heavy atom. The lowest BCUT2D eigenvalue weighted by molar-refractivity contribution is -0.290. The predicted molar refractivity (Wildman–Crippen MR) is 79.6 cm³/mol. The normalized spacial score (nSPS) is 31.9. The molecule has 0 spiro atoms. The van der Waals surface area contributed by atoms with Gasteiger partial charge >= 0.3 is 0 Å². The summed E-state index contributed by atoms with van der Waals surface area (Å²) in [6, 6.07) is 6.87. The molecule has 0 aliphatic carbocycles. The number of hydrogen-bond acceptors (Lipinski definition) is 7. The summed E-state index contributed by atoms with van der Waals surface area (Å²) in [6.07, 6.45) is -3.26. The van der Waals surface area contributed by atoms with Crippen molar-refractivity contribution in [3.63, 3.8) is 0 Å². The van der Waals surface area contributed by atoms with Gasteiger partial charge in [0.05, 0.1) is 6.61 Å². The molecule has 7 heteroatoms. The first-order valence-electron chi connectivity index (χ1n) is 7.01. The summed E-state index contributed by atoms with van der Waals surface area (Å²) in [5.41, 5.74) is 6.28. The molecule has 0 bridgehead atoms. The lowest BCUT2D eigenvalue weighted by Crippen LogP contribution is -2.61. The van der Waals surface area contributed by atoms with Gasteiger partial charge in [-0.15, -0.1) is 0 Å². The second kappa shape index (κ2) is 7.75. The van der Waals surface area contributed by atoms with Gasteiger partial charge in [-0.05, 0) is 24.3 Å². The monoisotopic (exact) mass is 313 g/mol. The Hall–Kier alpha value is -1.38. The highest BCUT2D eigenvalue weighted by Crippen LogP contribution is 2.28. The lowest BCUT2D eigenvalue weighted by Gasteiger charge is -2.43. The van der Waals surface area contributed by atoms with Gasteiger partial charge in [-0.2, -0.15) is 0 Å². The van der Waals surface area contributed by atoms with Crippen molar-refractivity contribution in [1.82, 2.24) is 0 Å². The highest BCUT2D eigenvalue weighted by atomic mass is 16.7. The standard InChI is InChI=1S/C15H23NO6/c1-18-8-11-12(19-2)13(20-3)14(15(17)22-11)21-10-6-4-9(16)5-7-10/h4-7,11-15,17H,8,16H2,1-3H3/t11-,12+,13+,14-,15+/m1/s1. The Balaban J connectivity index is 2.16. The molecule has 0 amide bonds. The van der Waals surface area contributed by atoms with Gasteiger partial charge in [-0.25, -0.2) is 0 Å². The summed E-state index contributed by atoms with van der Waals surface area (Å²) < 4.78 is 27.4. The van der Waals surface area contributed by atoms with Crippen LogP contribution in [0, 0.1) is 0 Å². The number of ether oxygens (including phenoxy) is 5. The molecule has 3 N–H and O–H groups in total. The van der Waals surface area contributed by atoms with Gasteiger partial charge in [-0.1, -0.05) is 0 Å². The minimum Gasteiger partial charge on any atom is -0.482 e. The molecule has 7 nitrogen and oxygen atoms in total. The average molecular weight is 313 g/mol. The van der Waals surface area contributed by atoms with E-state index < -0.39 is 30.7 Å². The largest absolute Gasteiger partial charge is 0.482 e. The number of rotatable bonds is 6. The van der Waals surface area contributed by atoms with E-state index in [0.717, 1.165) is 0 Å². The zero-order chi connectivity index (χ0) is 16.1. The van der Waals surface area contributed by atoms with E-state index in [9.17, 15) is 5.11 Å². The van der Waals surface area contributed by atoms with Crippen molar-refractivity contribution >= 4 is 5.69 Å². The van der Waals surface area contributed by atoms with Gasteiger partial charge < -0.3 is 34.5 Å². The van der Waals surface area contributed by atoms with Crippen LogP contribution in [-0.2, 0) is 18.9 Å². The van der Waals surface area contributed by atoms with Gasteiger partial charge in [0, 0.05) is 27.0 Å². The first-order chi connectivity index (χ1) is 10.6. The molecule has 1 aromatic carbocycles. The molecule has 1 aliphatic rings. The number of benzene rings is 1. The Kier molecular flexibility index (Phi) is 5.98. The van der Waals surface area contributed by atoms with Crippen LogP contribution in [-0.4, -0.2) is 63.7 Å². The number of hydrogen-bond donors (Lipinski definition) is 2. The smallest absolute Gasteiger partial charge is 0.195 e. The molecule has 0 aromatic heterocycles. The lowest BCUT2D eigenvalue weighted by atomic mass is 9.98. The van der Waals surface area contributed by atoms with E-state index in [1.165, 1.54) is 7.11 Å². The van der Waals surface area contributed by atoms with E-state index in [1.807, 2.05) is 0 Å². The fourth-order valence-electron chi connectivity index (χ4n) is 2.58. The van der Waals surface area contributed by atoms with Gasteiger partial charge in [0.25, 0.3) is 0 Å². The summed E-state index contributed by atoms with van der Waals surface area (Å²) in [5.74, 6) is 0.559. The highest BCUT2D eigenvalue weighted by molar-refractivity contribution is 5.41. The third-order valence-corrected chi connectivity index (χ3v) is 3.64. The molecule has 1 aromatic rings. The van der Waals surface area contributed by atoms with Crippen LogP contribution in [0.2, 0.25) is 0 Å². The molecule has 0 radical (unpaired) electrons. The number of methoxy groups -OCH3 is 3. The summed E-state index contributed by atoms with van der Waals surface area (Å²) in [6.45, 7) is 0.282. The van der Waals surface area contributed by atoms with Crippen LogP contribution >= 0.6 is 0 Å². The maximum Gasteiger partial charge on any atom is 0.195 e. The molecule has 1 saturated heterocycles. The van der Waals surface area contributed by atoms with Crippen molar-refractivity contribution < 1.29 is 28.8 Å². The zero-order valence-electron chi connectivity index (χ0n) is 13.0. The first-order valence-corrected chi connectivity index (χ1v) is 7.01. The van der Waals surface area contributed by atoms with Crippen LogP contribution in [0.25, 0.3) is 0 Å². The van der Waals surface area contributed by atoms with E-state index in [-0.39, 0.29) is 6.61 Å². The molecule has 0 saturated carbocycles. The van der Waals surface area contributed by atoms with E-state index in [4.69, 9.17) is 29.4 Å². The molecule has 124 valence electrons. The molecule has 1 fully saturated rings. The van der Waals surface area contributed by atoms with Gasteiger partial charge in [0.2, 0.25) is 0 Å². The zero-order valence-corrected chi connectivity index (χ0v) is 13.0. The summed E-state index contributed by atoms with van der Waals surface area (Å²) in [7, 11) is 4.65. The maximum atomic E-state index is 10.2. The topological polar surface area (TPSA) is 92.4 Å². The van der Waals surface area contributed by atoms with E-state index in [1.54, 1.807) is 38.5 Å². The van der Waals surface area contributed by atoms with E-state index in [0.29, 0.717) is 11.4 Å². The summed E-state index contributed by atoms with van der Waals surface area (Å²) in [4.78, 5) is 0. The van der Waals surface area contributed by atoms with Crippen LogP contribution in [0.4, 0.5) is 5.69 Å². The van der Waals surface area contributed by atoms with Gasteiger partial charge in [0.15, 0.2) is 12.4 Å². The number of aliphatic hydroxyl groups excluding tert-OH is 1. The van der Waals surface area contributed by atoms with Crippen LogP contribution in [0.3, 0.4) is 0 Å². The Morgan fingerprint density at radius 2 is 1.68 bits per heavy atom. The Morgan fingerprint density at radius 1 is 1.05 bits per heavy atom. The van der Waals surface area contributed by atoms with Crippen molar-refractivity contribution in [3.8, 4) is 5.75 Å². The highest BCUT2D eigenvalue weighted by Gasteiger charge is 2.47. The van der Waals surface area contributed by atoms with Crippen LogP contribution in [0.1, 0.15) is 0 Å². The molecular weight excluding hydrogens is 290 g/mol. The van der Waals surface area contributed by atoms with E-state index >= 15 is 0 Å². The third kappa shape index (κ3) is 3.68. The minimum absolute atomic E-state index is 0.282. The van der Waals surface area contributed by atoms with Crippen LogP contribution in [0.15, 0.2) is 24.3 Å². The maximum absolute atomic E-state index is 10.2. The number of nitrogen functional groups attached to an aromatic ring is 1. The van der Waals surface area contributed by atoms with Crippen molar-refractivity contribution in [1.29, 1.82) is 0 Å². The van der Waals surface area contributed by atoms with E-state index in [2.05, 4.69) is 0 Å². The van der Waals surface area contributed by atoms with Crippen molar-refractivity contribution in [3.05, 3.63) is 24.3 Å². The summed E-state index contributed by atoms with van der Waals surface area (Å²) >= 11 is 0. The third-order valence-electron chi connectivity index (χ3n) is 3.64. The SMILES string of the molecule is COC[C@H]1O[C@H](O)[C@H](Oc2ccc(N)cc2)[C@@H](OC)[C@H]1OC. The molecule has 5 atom stereocenters. The molecular formula is C15H23NO6. The molecule has 0 unspecified atom stereocenters. The van der Waals surface area contributed by atoms with Crippen LogP contribution < -0.4 is 10.5 Å². The second-order valence-corrected chi connectivity index (χ2v) is 5.07. The fraction of sp³-hybridized carbons (Fsp3) is 0.600. The van der Waals surface area contributed by atoms with Gasteiger partial charge in [-0.3, -0.25) is 0 Å². The Bertz CT molecular complexity index is 454. The number of anilines is 1. The molecule has 2 rings (SSSR count). The minimum atomic E-state index is -1.16. The van der Waals surface area contributed by atoms with Crippen LogP contribution in [0.5, 0.6) is 5.75 Å². The fourth-order valence-corrected chi connectivity index (χ4v) is 2.58. The quantitative estimate of drug-likeness (QED) is 0.735. The van der Waals surface area contributed by atoms with Crippen molar-refractivity contribution in [2.45, 2.75) is 30.7 Å². The number of nitrogens with two attached hydrogens (primary N) is 1. The Labute approximate surface area is 129 Å². The molecule has 22 heavy (non-hydrogen) atoms.